The van der Waals surface area contributed by atoms with Crippen LogP contribution >= 0.6 is 27.3 Å². The summed E-state index contributed by atoms with van der Waals surface area (Å²) in [5.74, 6) is 0.685. The molecule has 2 aromatic carbocycles. The molecule has 0 N–H and O–H groups in total. The highest BCUT2D eigenvalue weighted by Crippen LogP contribution is 2.34. The van der Waals surface area contributed by atoms with Crippen molar-refractivity contribution in [3.63, 3.8) is 0 Å². The average Bonchev–Trinajstić information content (AvgIpc) is 3.19. The van der Waals surface area contributed by atoms with Gasteiger partial charge < -0.3 is 14.2 Å². The van der Waals surface area contributed by atoms with E-state index in [9.17, 15) is 9.59 Å². The van der Waals surface area contributed by atoms with Crippen molar-refractivity contribution in [2.75, 3.05) is 20.8 Å². The molecule has 0 amide bonds. The second-order valence-corrected chi connectivity index (χ2v) is 9.52. The third-order valence-corrected chi connectivity index (χ3v) is 7.30. The quantitative estimate of drug-likeness (QED) is 0.411. The summed E-state index contributed by atoms with van der Waals surface area (Å²) in [5, 5.41) is 0. The minimum Gasteiger partial charge on any atom is -0.493 e. The highest BCUT2D eigenvalue weighted by Gasteiger charge is 2.33. The van der Waals surface area contributed by atoms with Crippen LogP contribution in [0.15, 0.2) is 68.0 Å². The summed E-state index contributed by atoms with van der Waals surface area (Å²) in [7, 11) is 2.91. The van der Waals surface area contributed by atoms with Gasteiger partial charge in [-0.15, -0.1) is 0 Å². The van der Waals surface area contributed by atoms with E-state index in [2.05, 4.69) is 15.9 Å². The minimum absolute atomic E-state index is 0.237. The van der Waals surface area contributed by atoms with Crippen molar-refractivity contribution < 1.29 is 19.0 Å². The predicted molar refractivity (Wildman–Crippen MR) is 139 cm³/mol. The van der Waals surface area contributed by atoms with Crippen LogP contribution < -0.4 is 24.4 Å². The molecule has 2 heterocycles. The Morgan fingerprint density at radius 3 is 2.54 bits per heavy atom. The highest BCUT2D eigenvalue weighted by molar-refractivity contribution is 9.10. The second-order valence-electron chi connectivity index (χ2n) is 7.66. The van der Waals surface area contributed by atoms with Crippen molar-refractivity contribution in [1.29, 1.82) is 0 Å². The molecule has 0 radical (unpaired) electrons. The monoisotopic (exact) mass is 556 g/mol. The normalized spacial score (nSPS) is 15.5. The summed E-state index contributed by atoms with van der Waals surface area (Å²) >= 11 is 4.86. The van der Waals surface area contributed by atoms with Gasteiger partial charge in [-0.25, -0.2) is 9.79 Å². The molecule has 9 heteroatoms. The molecule has 0 spiro atoms. The SMILES string of the molecule is CCOc1cc(Br)c(/C=c2\sc3n(c2=O)[C@H](c2ccccc2)C(C(=O)OC)=C(CC)N=3)cc1OC. The number of hydrogen-bond donors (Lipinski definition) is 0. The Balaban J connectivity index is 1.96. The zero-order chi connectivity index (χ0) is 25.1. The molecule has 0 bridgehead atoms. The lowest BCUT2D eigenvalue weighted by Crippen LogP contribution is -2.40. The van der Waals surface area contributed by atoms with E-state index in [1.165, 1.54) is 18.4 Å². The molecule has 35 heavy (non-hydrogen) atoms. The Morgan fingerprint density at radius 2 is 1.91 bits per heavy atom. The second kappa shape index (κ2) is 10.6. The van der Waals surface area contributed by atoms with Crippen molar-refractivity contribution in [2.24, 2.45) is 4.99 Å². The molecule has 1 aliphatic heterocycles. The third-order valence-electron chi connectivity index (χ3n) is 5.63. The van der Waals surface area contributed by atoms with Gasteiger partial charge in [0.05, 0.1) is 42.7 Å². The van der Waals surface area contributed by atoms with Crippen LogP contribution in [0.1, 0.15) is 37.4 Å². The summed E-state index contributed by atoms with van der Waals surface area (Å²) < 4.78 is 19.0. The highest BCUT2D eigenvalue weighted by atomic mass is 79.9. The number of carbonyl (C=O) groups is 1. The number of thiazole rings is 1. The van der Waals surface area contributed by atoms with Crippen LogP contribution in [0.3, 0.4) is 0 Å². The van der Waals surface area contributed by atoms with E-state index in [1.807, 2.05) is 56.3 Å². The average molecular weight is 557 g/mol. The number of esters is 1. The molecule has 1 aliphatic rings. The van der Waals surface area contributed by atoms with Gasteiger partial charge in [0.2, 0.25) is 0 Å². The zero-order valence-corrected chi connectivity index (χ0v) is 22.2. The zero-order valence-electron chi connectivity index (χ0n) is 19.8. The Kier molecular flexibility index (Phi) is 7.57. The molecule has 182 valence electrons. The Labute approximate surface area is 215 Å². The first-order chi connectivity index (χ1) is 16.9. The standard InChI is InChI=1S/C26H25BrN2O5S/c1-5-18-22(25(31)33-4)23(15-10-8-7-9-11-15)29-24(30)21(35-26(29)28-18)13-16-12-19(32-3)20(34-6-2)14-17(16)27/h7-14,23H,5-6H2,1-4H3/b21-13-/t23-/m1/s1. The number of carbonyl (C=O) groups excluding carboxylic acids is 1. The number of rotatable bonds is 7. The largest absolute Gasteiger partial charge is 0.493 e. The summed E-state index contributed by atoms with van der Waals surface area (Å²) in [5.41, 5.74) is 2.32. The van der Waals surface area contributed by atoms with E-state index in [0.717, 1.165) is 15.6 Å². The van der Waals surface area contributed by atoms with Crippen molar-refractivity contribution in [2.45, 2.75) is 26.3 Å². The Hall–Kier alpha value is -3.17. The van der Waals surface area contributed by atoms with E-state index in [4.69, 9.17) is 19.2 Å². The van der Waals surface area contributed by atoms with Gasteiger partial charge in [0.25, 0.3) is 5.56 Å². The molecule has 0 saturated heterocycles. The maximum absolute atomic E-state index is 13.7. The first-order valence-corrected chi connectivity index (χ1v) is 12.7. The van der Waals surface area contributed by atoms with Crippen molar-refractivity contribution in [1.82, 2.24) is 4.57 Å². The van der Waals surface area contributed by atoms with Crippen LogP contribution in [0.2, 0.25) is 0 Å². The van der Waals surface area contributed by atoms with Gasteiger partial charge >= 0.3 is 5.97 Å². The molecule has 0 fully saturated rings. The minimum atomic E-state index is -0.629. The fraction of sp³-hybridized carbons (Fsp3) is 0.269. The number of halogens is 1. The van der Waals surface area contributed by atoms with E-state index in [-0.39, 0.29) is 5.56 Å². The number of aromatic nitrogens is 1. The number of allylic oxidation sites excluding steroid dienone is 1. The van der Waals surface area contributed by atoms with Crippen LogP contribution in [-0.2, 0) is 9.53 Å². The molecule has 3 aromatic rings. The number of nitrogens with zero attached hydrogens (tertiary/aromatic N) is 2. The van der Waals surface area contributed by atoms with Gasteiger partial charge in [-0.3, -0.25) is 9.36 Å². The number of benzene rings is 2. The molecule has 4 rings (SSSR count). The van der Waals surface area contributed by atoms with Gasteiger partial charge in [-0.1, -0.05) is 64.5 Å². The number of fused-ring (bicyclic) bond motifs is 1. The lowest BCUT2D eigenvalue weighted by Gasteiger charge is -2.25. The van der Waals surface area contributed by atoms with Gasteiger partial charge in [-0.2, -0.15) is 0 Å². The summed E-state index contributed by atoms with van der Waals surface area (Å²) in [6.07, 6.45) is 2.32. The van der Waals surface area contributed by atoms with Crippen LogP contribution in [0.25, 0.3) is 6.08 Å². The maximum Gasteiger partial charge on any atom is 0.338 e. The Bertz CT molecular complexity index is 1470. The third kappa shape index (κ3) is 4.70. The van der Waals surface area contributed by atoms with Gasteiger partial charge in [0.15, 0.2) is 16.3 Å². The van der Waals surface area contributed by atoms with E-state index in [1.54, 1.807) is 17.8 Å². The lowest BCUT2D eigenvalue weighted by atomic mass is 9.95. The summed E-state index contributed by atoms with van der Waals surface area (Å²) in [6.45, 7) is 4.34. The van der Waals surface area contributed by atoms with Gasteiger partial charge in [0.1, 0.15) is 0 Å². The summed E-state index contributed by atoms with van der Waals surface area (Å²) in [6, 6.07) is 12.5. The van der Waals surface area contributed by atoms with Crippen molar-refractivity contribution in [3.8, 4) is 11.5 Å². The topological polar surface area (TPSA) is 79.1 Å². The lowest BCUT2D eigenvalue weighted by molar-refractivity contribution is -0.136. The van der Waals surface area contributed by atoms with Crippen molar-refractivity contribution >= 4 is 39.3 Å². The fourth-order valence-electron chi connectivity index (χ4n) is 4.05. The van der Waals surface area contributed by atoms with Crippen molar-refractivity contribution in [3.05, 3.63) is 89.0 Å². The van der Waals surface area contributed by atoms with E-state index >= 15 is 0 Å². The molecule has 0 saturated carbocycles. The molecule has 0 aliphatic carbocycles. The smallest absolute Gasteiger partial charge is 0.338 e. The molecule has 1 aromatic heterocycles. The fourth-order valence-corrected chi connectivity index (χ4v) is 5.49. The van der Waals surface area contributed by atoms with Gasteiger partial charge in [-0.05, 0) is 42.7 Å². The van der Waals surface area contributed by atoms with Crippen LogP contribution in [0, 0.1) is 0 Å². The summed E-state index contributed by atoms with van der Waals surface area (Å²) in [4.78, 5) is 31.8. The van der Waals surface area contributed by atoms with Crippen LogP contribution in [0.5, 0.6) is 11.5 Å². The van der Waals surface area contributed by atoms with Gasteiger partial charge in [0, 0.05) is 4.47 Å². The van der Waals surface area contributed by atoms with Crippen LogP contribution in [-0.4, -0.2) is 31.4 Å². The molecule has 0 unspecified atom stereocenters. The number of hydrogen-bond acceptors (Lipinski definition) is 7. The van der Waals surface area contributed by atoms with E-state index < -0.39 is 12.0 Å². The van der Waals surface area contributed by atoms with E-state index in [0.29, 0.717) is 45.1 Å². The first-order valence-electron chi connectivity index (χ1n) is 11.1. The maximum atomic E-state index is 13.7. The Morgan fingerprint density at radius 1 is 1.17 bits per heavy atom. The number of ether oxygens (including phenoxy) is 3. The molecular weight excluding hydrogens is 532 g/mol. The molecule has 1 atom stereocenters. The molecular formula is C26H25BrN2O5S. The first kappa shape index (κ1) is 24.9. The van der Waals surface area contributed by atoms with Crippen LogP contribution in [0.4, 0.5) is 0 Å². The number of methoxy groups -OCH3 is 2. The predicted octanol–water partition coefficient (Wildman–Crippen LogP) is 3.97. The molecule has 7 nitrogen and oxygen atoms in total.